The summed E-state index contributed by atoms with van der Waals surface area (Å²) < 4.78 is 19.4. The van der Waals surface area contributed by atoms with Crippen LogP contribution in [0, 0.1) is 0 Å². The van der Waals surface area contributed by atoms with Crippen molar-refractivity contribution in [3.8, 4) is 11.5 Å². The molecule has 2 amide bonds. The number of amides is 2. The molecule has 3 aromatic rings. The summed E-state index contributed by atoms with van der Waals surface area (Å²) >= 11 is 1.37. The minimum absolute atomic E-state index is 0.106. The van der Waals surface area contributed by atoms with E-state index < -0.39 is 12.0 Å². The molecule has 0 fully saturated rings. The number of hydrogen-bond donors (Lipinski definition) is 1. The van der Waals surface area contributed by atoms with Gasteiger partial charge < -0.3 is 24.1 Å². The monoisotopic (exact) mass is 427 g/mol. The Morgan fingerprint density at radius 3 is 2.83 bits per heavy atom. The van der Waals surface area contributed by atoms with Crippen LogP contribution in [-0.4, -0.2) is 42.8 Å². The molecule has 0 saturated carbocycles. The van der Waals surface area contributed by atoms with E-state index in [1.807, 2.05) is 34.9 Å². The van der Waals surface area contributed by atoms with Gasteiger partial charge in [0.2, 0.25) is 12.0 Å². The predicted octanol–water partition coefficient (Wildman–Crippen LogP) is 2.57. The second kappa shape index (κ2) is 8.68. The fourth-order valence-electron chi connectivity index (χ4n) is 3.15. The van der Waals surface area contributed by atoms with Gasteiger partial charge in [0.15, 0.2) is 16.3 Å². The Balaban J connectivity index is 1.68. The molecule has 4 rings (SSSR count). The number of carbonyl (C=O) groups excluding carboxylic acids is 2. The van der Waals surface area contributed by atoms with Crippen molar-refractivity contribution >= 4 is 39.1 Å². The molecule has 1 aliphatic heterocycles. The van der Waals surface area contributed by atoms with E-state index in [0.29, 0.717) is 35.1 Å². The van der Waals surface area contributed by atoms with E-state index in [1.54, 1.807) is 19.2 Å². The molecule has 2 heterocycles. The molecule has 9 heteroatoms. The van der Waals surface area contributed by atoms with Crippen molar-refractivity contribution in [3.05, 3.63) is 47.3 Å². The normalized spacial score (nSPS) is 15.9. The molecule has 0 spiro atoms. The number of para-hydroxylation sites is 2. The van der Waals surface area contributed by atoms with Gasteiger partial charge in [-0.05, 0) is 30.3 Å². The summed E-state index contributed by atoms with van der Waals surface area (Å²) in [5, 5.41) is 2.77. The third-order valence-electron chi connectivity index (χ3n) is 4.51. The number of fused-ring (bicyclic) bond motifs is 2. The Kier molecular flexibility index (Phi) is 5.82. The van der Waals surface area contributed by atoms with Crippen LogP contribution in [0.2, 0.25) is 0 Å². The second-order valence-electron chi connectivity index (χ2n) is 6.71. The Hall–Kier alpha value is -3.17. The van der Waals surface area contributed by atoms with Gasteiger partial charge >= 0.3 is 0 Å². The SMILES string of the molecule is COCCn1c(=NC(=O)[C@H]2COc3ccccc3O2)sc2cc(NC(C)=O)ccc21. The Morgan fingerprint density at radius 1 is 1.27 bits per heavy atom. The number of ether oxygens (including phenoxy) is 3. The summed E-state index contributed by atoms with van der Waals surface area (Å²) in [5.41, 5.74) is 1.59. The molecule has 30 heavy (non-hydrogen) atoms. The minimum Gasteiger partial charge on any atom is -0.485 e. The van der Waals surface area contributed by atoms with E-state index in [2.05, 4.69) is 10.3 Å². The van der Waals surface area contributed by atoms with Crippen molar-refractivity contribution in [1.29, 1.82) is 0 Å². The summed E-state index contributed by atoms with van der Waals surface area (Å²) in [6, 6.07) is 12.8. The van der Waals surface area contributed by atoms with Crippen LogP contribution in [0.25, 0.3) is 10.2 Å². The van der Waals surface area contributed by atoms with E-state index in [9.17, 15) is 9.59 Å². The third kappa shape index (κ3) is 4.22. The van der Waals surface area contributed by atoms with Crippen LogP contribution < -0.4 is 19.6 Å². The lowest BCUT2D eigenvalue weighted by Crippen LogP contribution is -2.37. The first-order valence-corrected chi connectivity index (χ1v) is 10.2. The standard InChI is InChI=1S/C21H21N3O5S/c1-13(25)22-14-7-8-15-19(11-14)30-21(24(15)9-10-27-2)23-20(26)18-12-28-16-5-3-4-6-17(16)29-18/h3-8,11,18H,9-10,12H2,1-2H3,(H,22,25)/t18-/m1/s1. The first kappa shape index (κ1) is 20.1. The van der Waals surface area contributed by atoms with Gasteiger partial charge in [0.05, 0.1) is 16.8 Å². The molecule has 0 bridgehead atoms. The quantitative estimate of drug-likeness (QED) is 0.676. The summed E-state index contributed by atoms with van der Waals surface area (Å²) in [4.78, 5) is 29.0. The lowest BCUT2D eigenvalue weighted by molar-refractivity contribution is -0.127. The first-order valence-electron chi connectivity index (χ1n) is 9.42. The highest BCUT2D eigenvalue weighted by Gasteiger charge is 2.27. The molecular formula is C21H21N3O5S. The van der Waals surface area contributed by atoms with Gasteiger partial charge in [0, 0.05) is 26.3 Å². The van der Waals surface area contributed by atoms with Crippen LogP contribution in [0.5, 0.6) is 11.5 Å². The number of thiazole rings is 1. The van der Waals surface area contributed by atoms with Gasteiger partial charge in [0.25, 0.3) is 5.91 Å². The number of rotatable bonds is 5. The van der Waals surface area contributed by atoms with Crippen LogP contribution in [0.15, 0.2) is 47.5 Å². The fraction of sp³-hybridized carbons (Fsp3) is 0.286. The van der Waals surface area contributed by atoms with Crippen molar-refractivity contribution in [1.82, 2.24) is 4.57 Å². The van der Waals surface area contributed by atoms with Crippen molar-refractivity contribution in [2.75, 3.05) is 25.6 Å². The molecule has 0 unspecified atom stereocenters. The third-order valence-corrected chi connectivity index (χ3v) is 5.55. The van der Waals surface area contributed by atoms with Gasteiger partial charge in [-0.3, -0.25) is 9.59 Å². The maximum absolute atomic E-state index is 12.8. The van der Waals surface area contributed by atoms with Crippen LogP contribution >= 0.6 is 11.3 Å². The highest BCUT2D eigenvalue weighted by Crippen LogP contribution is 2.31. The van der Waals surface area contributed by atoms with Crippen molar-refractivity contribution in [2.24, 2.45) is 4.99 Å². The topological polar surface area (TPSA) is 91.2 Å². The van der Waals surface area contributed by atoms with Gasteiger partial charge in [-0.2, -0.15) is 4.99 Å². The van der Waals surface area contributed by atoms with Crippen molar-refractivity contribution in [2.45, 2.75) is 19.6 Å². The molecule has 156 valence electrons. The molecule has 1 N–H and O–H groups in total. The molecule has 0 radical (unpaired) electrons. The zero-order valence-corrected chi connectivity index (χ0v) is 17.4. The summed E-state index contributed by atoms with van der Waals surface area (Å²) in [7, 11) is 1.62. The molecule has 2 aromatic carbocycles. The number of methoxy groups -OCH3 is 1. The van der Waals surface area contributed by atoms with E-state index in [0.717, 1.165) is 10.2 Å². The minimum atomic E-state index is -0.809. The maximum Gasteiger partial charge on any atom is 0.292 e. The number of carbonyl (C=O) groups is 2. The number of nitrogens with one attached hydrogen (secondary N) is 1. The summed E-state index contributed by atoms with van der Waals surface area (Å²) in [6.07, 6.45) is -0.809. The Labute approximate surface area is 176 Å². The van der Waals surface area contributed by atoms with Gasteiger partial charge in [0.1, 0.15) is 6.61 Å². The molecule has 1 aliphatic rings. The zero-order chi connectivity index (χ0) is 21.1. The highest BCUT2D eigenvalue weighted by molar-refractivity contribution is 7.16. The van der Waals surface area contributed by atoms with Crippen molar-refractivity contribution < 1.29 is 23.8 Å². The van der Waals surface area contributed by atoms with E-state index >= 15 is 0 Å². The molecular weight excluding hydrogens is 406 g/mol. The van der Waals surface area contributed by atoms with E-state index in [4.69, 9.17) is 14.2 Å². The van der Waals surface area contributed by atoms with Crippen LogP contribution in [0.4, 0.5) is 5.69 Å². The van der Waals surface area contributed by atoms with Gasteiger partial charge in [-0.1, -0.05) is 23.5 Å². The number of aromatic nitrogens is 1. The maximum atomic E-state index is 12.8. The molecule has 0 saturated heterocycles. The predicted molar refractivity (Wildman–Crippen MR) is 113 cm³/mol. The zero-order valence-electron chi connectivity index (χ0n) is 16.6. The molecule has 1 atom stereocenters. The van der Waals surface area contributed by atoms with E-state index in [-0.39, 0.29) is 12.5 Å². The summed E-state index contributed by atoms with van der Waals surface area (Å²) in [6.45, 7) is 2.57. The number of hydrogen-bond acceptors (Lipinski definition) is 6. The average Bonchev–Trinajstić information content (AvgIpc) is 3.07. The smallest absolute Gasteiger partial charge is 0.292 e. The molecule has 1 aromatic heterocycles. The van der Waals surface area contributed by atoms with Crippen LogP contribution in [-0.2, 0) is 20.9 Å². The molecule has 8 nitrogen and oxygen atoms in total. The van der Waals surface area contributed by atoms with Gasteiger partial charge in [-0.25, -0.2) is 0 Å². The van der Waals surface area contributed by atoms with Gasteiger partial charge in [-0.15, -0.1) is 0 Å². The van der Waals surface area contributed by atoms with Crippen LogP contribution in [0.3, 0.4) is 0 Å². The number of nitrogens with zero attached hydrogens (tertiary/aromatic N) is 2. The fourth-order valence-corrected chi connectivity index (χ4v) is 4.25. The number of anilines is 1. The second-order valence-corrected chi connectivity index (χ2v) is 7.72. The van der Waals surface area contributed by atoms with Crippen molar-refractivity contribution in [3.63, 3.8) is 0 Å². The first-order chi connectivity index (χ1) is 14.5. The van der Waals surface area contributed by atoms with Crippen LogP contribution in [0.1, 0.15) is 6.92 Å². The molecule has 0 aliphatic carbocycles. The highest BCUT2D eigenvalue weighted by atomic mass is 32.1. The largest absolute Gasteiger partial charge is 0.485 e. The number of benzene rings is 2. The Bertz CT molecular complexity index is 1170. The van der Waals surface area contributed by atoms with E-state index in [1.165, 1.54) is 18.3 Å². The lowest BCUT2D eigenvalue weighted by Gasteiger charge is -2.23. The lowest BCUT2D eigenvalue weighted by atomic mass is 10.2. The summed E-state index contributed by atoms with van der Waals surface area (Å²) in [5.74, 6) is 0.585. The average molecular weight is 427 g/mol. The Morgan fingerprint density at radius 2 is 2.07 bits per heavy atom.